The molecule has 2 atom stereocenters. The molecule has 0 spiro atoms. The van der Waals surface area contributed by atoms with Crippen LogP contribution in [0.25, 0.3) is 0 Å². The number of unbranched alkanes of at least 4 members (excludes halogenated alkanes) is 54. The fourth-order valence-corrected chi connectivity index (χ4v) is 13.3. The van der Waals surface area contributed by atoms with Crippen molar-refractivity contribution in [3.05, 3.63) is 60.8 Å². The zero-order valence-electron chi connectivity index (χ0n) is 63.9. The molecule has 0 fully saturated rings. The normalized spacial score (nSPS) is 13.3. The summed E-state index contributed by atoms with van der Waals surface area (Å²) in [6.45, 7) is 4.40. The second-order valence-electron chi connectivity index (χ2n) is 29.5. The lowest BCUT2D eigenvalue weighted by molar-refractivity contribution is -0.870. The molecule has 0 aromatic carbocycles. The van der Waals surface area contributed by atoms with Gasteiger partial charge in [-0.05, 0) is 57.8 Å². The molecule has 1 N–H and O–H groups in total. The first kappa shape index (κ1) is 92.7. The maximum atomic E-state index is 12.9. The van der Waals surface area contributed by atoms with E-state index < -0.39 is 26.5 Å². The van der Waals surface area contributed by atoms with Crippen molar-refractivity contribution in [3.63, 3.8) is 0 Å². The molecule has 95 heavy (non-hydrogen) atoms. The van der Waals surface area contributed by atoms with Gasteiger partial charge in [-0.2, -0.15) is 0 Å². The van der Waals surface area contributed by atoms with E-state index in [1.165, 1.54) is 321 Å². The van der Waals surface area contributed by atoms with Crippen molar-refractivity contribution in [2.24, 2.45) is 0 Å². The third kappa shape index (κ3) is 80.6. The van der Waals surface area contributed by atoms with E-state index in [1.807, 2.05) is 21.1 Å². The highest BCUT2D eigenvalue weighted by molar-refractivity contribution is 7.47. The zero-order valence-corrected chi connectivity index (χ0v) is 64.8. The molecule has 0 heterocycles. The molecule has 0 rings (SSSR count). The predicted octanol–water partition coefficient (Wildman–Crippen LogP) is 27.7. The summed E-state index contributed by atoms with van der Waals surface area (Å²) in [4.78, 5) is 36.0. The maximum Gasteiger partial charge on any atom is 0.472 e. The number of carbonyl (C=O) groups is 2. The first-order chi connectivity index (χ1) is 46.5. The van der Waals surface area contributed by atoms with Crippen molar-refractivity contribution in [1.82, 2.24) is 0 Å². The number of ether oxygens (including phenoxy) is 2. The standard InChI is InChI=1S/C85H160NO8P/c1-6-8-10-12-14-16-18-20-22-24-26-28-30-32-34-36-38-40-42-43-44-46-48-50-52-54-56-58-60-62-64-66-68-70-72-74-76-78-85(88)94-83(82-93-95(89,90)92-80-79-86(3,4)5)81-91-84(87)77-75-73-71-69-67-65-63-61-59-57-55-53-51-49-47-45-41-39-37-35-33-31-29-27-25-23-21-19-17-15-13-11-9-7-2/h8,10,14,16,20,22,26,28,32,34,83H,6-7,9,11-13,15,17-19,21,23-25,27,29-31,33,35-82H2,1-5H3/p+1/b10-8-,16-14-,22-20-,28-26-,34-32-. The summed E-state index contributed by atoms with van der Waals surface area (Å²) in [5.74, 6) is -0.772. The molecule has 0 aromatic rings. The smallest absolute Gasteiger partial charge is 0.462 e. The molecule has 2 unspecified atom stereocenters. The molecule has 0 amide bonds. The Morgan fingerprint density at radius 3 is 0.895 bits per heavy atom. The van der Waals surface area contributed by atoms with Crippen LogP contribution >= 0.6 is 7.82 Å². The van der Waals surface area contributed by atoms with E-state index in [2.05, 4.69) is 74.6 Å². The van der Waals surface area contributed by atoms with Crippen LogP contribution in [-0.2, 0) is 32.7 Å². The van der Waals surface area contributed by atoms with Gasteiger partial charge in [0.15, 0.2) is 6.10 Å². The number of phosphoric acid groups is 1. The second-order valence-corrected chi connectivity index (χ2v) is 30.9. The Morgan fingerprint density at radius 1 is 0.337 bits per heavy atom. The molecule has 10 heteroatoms. The van der Waals surface area contributed by atoms with Crippen LogP contribution in [0.1, 0.15) is 418 Å². The topological polar surface area (TPSA) is 108 Å². The summed E-state index contributed by atoms with van der Waals surface area (Å²) in [6, 6.07) is 0. The van der Waals surface area contributed by atoms with Crippen LogP contribution in [0.15, 0.2) is 60.8 Å². The largest absolute Gasteiger partial charge is 0.472 e. The van der Waals surface area contributed by atoms with E-state index in [0.29, 0.717) is 23.9 Å². The Bertz CT molecular complexity index is 1790. The third-order valence-corrected chi connectivity index (χ3v) is 19.8. The van der Waals surface area contributed by atoms with Crippen LogP contribution in [0.5, 0.6) is 0 Å². The van der Waals surface area contributed by atoms with Gasteiger partial charge in [0.2, 0.25) is 0 Å². The summed E-state index contributed by atoms with van der Waals surface area (Å²) >= 11 is 0. The lowest BCUT2D eigenvalue weighted by atomic mass is 10.0. The van der Waals surface area contributed by atoms with Gasteiger partial charge in [-0.15, -0.1) is 0 Å². The van der Waals surface area contributed by atoms with Crippen LogP contribution < -0.4 is 0 Å². The minimum atomic E-state index is -4.39. The minimum absolute atomic E-state index is 0.0344. The first-order valence-corrected chi connectivity index (χ1v) is 43.0. The first-order valence-electron chi connectivity index (χ1n) is 41.5. The predicted molar refractivity (Wildman–Crippen MR) is 413 cm³/mol. The van der Waals surface area contributed by atoms with E-state index in [-0.39, 0.29) is 25.6 Å². The summed E-state index contributed by atoms with van der Waals surface area (Å²) in [6.07, 6.45) is 102. The molecule has 0 aromatic heterocycles. The van der Waals surface area contributed by atoms with Crippen molar-refractivity contribution in [3.8, 4) is 0 Å². The van der Waals surface area contributed by atoms with Crippen molar-refractivity contribution in [2.45, 2.75) is 424 Å². The number of hydrogen-bond acceptors (Lipinski definition) is 7. The van der Waals surface area contributed by atoms with Gasteiger partial charge in [-0.3, -0.25) is 18.6 Å². The molecule has 558 valence electrons. The second kappa shape index (κ2) is 75.9. The van der Waals surface area contributed by atoms with Crippen molar-refractivity contribution < 1.29 is 42.1 Å². The Balaban J connectivity index is 3.89. The molecule has 0 radical (unpaired) electrons. The van der Waals surface area contributed by atoms with Gasteiger partial charge >= 0.3 is 19.8 Å². The van der Waals surface area contributed by atoms with E-state index in [9.17, 15) is 19.0 Å². The Morgan fingerprint density at radius 2 is 0.600 bits per heavy atom. The molecular formula is C85H161NO8P+. The Labute approximate surface area is 591 Å². The summed E-state index contributed by atoms with van der Waals surface area (Å²) in [7, 11) is 1.50. The van der Waals surface area contributed by atoms with Crippen LogP contribution in [0, 0.1) is 0 Å². The highest BCUT2D eigenvalue weighted by Gasteiger charge is 2.27. The molecular weight excluding hydrogens is 1190 g/mol. The average Bonchev–Trinajstić information content (AvgIpc) is 1.80. The summed E-state index contributed by atoms with van der Waals surface area (Å²) < 4.78 is 34.9. The minimum Gasteiger partial charge on any atom is -0.462 e. The SMILES string of the molecule is CC/C=C\C/C=C\C/C=C\C/C=C\C/C=C\CCCCCCCCCCCCCCCCCCCCCCCC(=O)OC(COC(=O)CCCCCCCCCCCCCCCCCCCCCCCCCCCCCCCCCCCC)COP(=O)(O)OCC[N+](C)(C)C. The number of esters is 2. The number of nitrogens with zero attached hydrogens (tertiary/aromatic N) is 1. The van der Waals surface area contributed by atoms with Crippen molar-refractivity contribution in [1.29, 1.82) is 0 Å². The molecule has 0 saturated carbocycles. The van der Waals surface area contributed by atoms with Gasteiger partial charge in [-0.25, -0.2) is 4.57 Å². The highest BCUT2D eigenvalue weighted by Crippen LogP contribution is 2.43. The van der Waals surface area contributed by atoms with Gasteiger partial charge in [-0.1, -0.05) is 408 Å². The van der Waals surface area contributed by atoms with Crippen LogP contribution in [0.3, 0.4) is 0 Å². The van der Waals surface area contributed by atoms with E-state index in [4.69, 9.17) is 18.5 Å². The molecule has 9 nitrogen and oxygen atoms in total. The monoisotopic (exact) mass is 1360 g/mol. The van der Waals surface area contributed by atoms with Crippen molar-refractivity contribution >= 4 is 19.8 Å². The van der Waals surface area contributed by atoms with Gasteiger partial charge in [0.05, 0.1) is 27.7 Å². The van der Waals surface area contributed by atoms with Crippen LogP contribution in [-0.4, -0.2) is 74.9 Å². The number of phosphoric ester groups is 1. The number of carbonyl (C=O) groups excluding carboxylic acids is 2. The van der Waals surface area contributed by atoms with Gasteiger partial charge < -0.3 is 18.9 Å². The molecule has 0 aliphatic heterocycles. The fraction of sp³-hybridized carbons (Fsp3) is 0.859. The van der Waals surface area contributed by atoms with Crippen LogP contribution in [0.4, 0.5) is 0 Å². The van der Waals surface area contributed by atoms with E-state index in [1.54, 1.807) is 0 Å². The molecule has 0 bridgehead atoms. The zero-order chi connectivity index (χ0) is 69.0. The maximum absolute atomic E-state index is 12.9. The number of likely N-dealkylation sites (N-methyl/N-ethyl adjacent to an activating group) is 1. The molecule has 0 aliphatic rings. The highest BCUT2D eigenvalue weighted by atomic mass is 31.2. The lowest BCUT2D eigenvalue weighted by Gasteiger charge is -2.24. The average molecular weight is 1360 g/mol. The van der Waals surface area contributed by atoms with Crippen molar-refractivity contribution in [2.75, 3.05) is 47.5 Å². The molecule has 0 saturated heterocycles. The number of allylic oxidation sites excluding steroid dienone is 10. The lowest BCUT2D eigenvalue weighted by Crippen LogP contribution is -2.37. The van der Waals surface area contributed by atoms with Gasteiger partial charge in [0.25, 0.3) is 0 Å². The summed E-state index contributed by atoms with van der Waals surface area (Å²) in [5.41, 5.74) is 0. The number of quaternary nitrogens is 1. The number of rotatable bonds is 78. The quantitative estimate of drug-likeness (QED) is 0.0211. The van der Waals surface area contributed by atoms with Crippen LogP contribution in [0.2, 0.25) is 0 Å². The third-order valence-electron chi connectivity index (χ3n) is 18.8. The Kier molecular flexibility index (Phi) is 74.1. The summed E-state index contributed by atoms with van der Waals surface area (Å²) in [5, 5.41) is 0. The van der Waals surface area contributed by atoms with E-state index >= 15 is 0 Å². The van der Waals surface area contributed by atoms with Gasteiger partial charge in [0, 0.05) is 12.8 Å². The Hall–Kier alpha value is -2.29. The fourth-order valence-electron chi connectivity index (χ4n) is 12.5. The molecule has 0 aliphatic carbocycles. The van der Waals surface area contributed by atoms with E-state index in [0.717, 1.165) is 64.2 Å². The number of hydrogen-bond donors (Lipinski definition) is 1. The van der Waals surface area contributed by atoms with Gasteiger partial charge in [0.1, 0.15) is 19.8 Å².